The van der Waals surface area contributed by atoms with E-state index in [-0.39, 0.29) is 5.76 Å². The first-order chi connectivity index (χ1) is 13.5. The van der Waals surface area contributed by atoms with E-state index >= 15 is 0 Å². The highest BCUT2D eigenvalue weighted by molar-refractivity contribution is 6.30. The van der Waals surface area contributed by atoms with E-state index in [0.717, 1.165) is 5.56 Å². The first-order valence-corrected chi connectivity index (χ1v) is 8.44. The molecule has 0 atom stereocenters. The lowest BCUT2D eigenvalue weighted by Crippen LogP contribution is -2.17. The number of rotatable bonds is 7. The van der Waals surface area contributed by atoms with Crippen molar-refractivity contribution < 1.29 is 18.9 Å². The van der Waals surface area contributed by atoms with Gasteiger partial charge in [-0.05, 0) is 48.0 Å². The second-order valence-electron chi connectivity index (χ2n) is 5.57. The molecule has 0 saturated carbocycles. The minimum atomic E-state index is -0.659. The van der Waals surface area contributed by atoms with Crippen molar-refractivity contribution in [2.45, 2.75) is 6.61 Å². The average molecular weight is 400 g/mol. The monoisotopic (exact) mass is 399 g/mol. The first kappa shape index (κ1) is 19.1. The summed E-state index contributed by atoms with van der Waals surface area (Å²) in [5.41, 5.74) is 3.61. The number of ether oxygens (including phenoxy) is 1. The molecule has 3 rings (SSSR count). The molecule has 28 heavy (non-hydrogen) atoms. The van der Waals surface area contributed by atoms with Gasteiger partial charge in [0, 0.05) is 10.6 Å². The van der Waals surface area contributed by atoms with Gasteiger partial charge in [-0.3, -0.25) is 14.9 Å². The smallest absolute Gasteiger partial charge is 0.433 e. The summed E-state index contributed by atoms with van der Waals surface area (Å²) < 4.78 is 10.5. The standard InChI is InChI=1S/C19H14ClN3O5/c20-15-5-7-16(8-6-15)27-12-13-1-3-14(4-2-13)19(24)22-21-11-17-9-10-18(28-17)23(25)26/h1-11H,12H2,(H,22,24)/b21-11-. The summed E-state index contributed by atoms with van der Waals surface area (Å²) in [6, 6.07) is 16.4. The molecule has 9 heteroatoms. The molecule has 0 spiro atoms. The Bertz CT molecular complexity index is 997. The van der Waals surface area contributed by atoms with Gasteiger partial charge in [0.05, 0.1) is 12.3 Å². The van der Waals surface area contributed by atoms with E-state index in [1.807, 2.05) is 0 Å². The Balaban J connectivity index is 1.52. The van der Waals surface area contributed by atoms with Crippen LogP contribution in [0.2, 0.25) is 5.02 Å². The van der Waals surface area contributed by atoms with Crippen LogP contribution in [0.3, 0.4) is 0 Å². The molecule has 1 heterocycles. The van der Waals surface area contributed by atoms with E-state index in [9.17, 15) is 14.9 Å². The molecule has 1 N–H and O–H groups in total. The molecule has 0 aliphatic heterocycles. The Labute approximate surface area is 164 Å². The van der Waals surface area contributed by atoms with Crippen LogP contribution in [0.5, 0.6) is 5.75 Å². The van der Waals surface area contributed by atoms with E-state index in [2.05, 4.69) is 10.5 Å². The zero-order valence-electron chi connectivity index (χ0n) is 14.4. The predicted octanol–water partition coefficient (Wildman–Crippen LogP) is 4.18. The van der Waals surface area contributed by atoms with Gasteiger partial charge in [-0.15, -0.1) is 0 Å². The molecule has 8 nitrogen and oxygen atoms in total. The van der Waals surface area contributed by atoms with Crippen molar-refractivity contribution in [3.8, 4) is 5.75 Å². The molecule has 0 aliphatic rings. The van der Waals surface area contributed by atoms with Crippen molar-refractivity contribution in [1.29, 1.82) is 0 Å². The fraction of sp³-hybridized carbons (Fsp3) is 0.0526. The number of furan rings is 1. The maximum absolute atomic E-state index is 12.1. The Morgan fingerprint density at radius 2 is 1.86 bits per heavy atom. The third-order valence-electron chi connectivity index (χ3n) is 3.59. The molecule has 0 radical (unpaired) electrons. The number of carbonyl (C=O) groups is 1. The van der Waals surface area contributed by atoms with E-state index < -0.39 is 16.7 Å². The quantitative estimate of drug-likeness (QED) is 0.364. The van der Waals surface area contributed by atoms with Crippen molar-refractivity contribution in [2.24, 2.45) is 5.10 Å². The summed E-state index contributed by atoms with van der Waals surface area (Å²) in [7, 11) is 0. The Morgan fingerprint density at radius 1 is 1.14 bits per heavy atom. The molecule has 0 unspecified atom stereocenters. The second-order valence-corrected chi connectivity index (χ2v) is 6.01. The largest absolute Gasteiger partial charge is 0.489 e. The molecule has 0 fully saturated rings. The molecule has 2 aromatic carbocycles. The van der Waals surface area contributed by atoms with Gasteiger partial charge in [-0.1, -0.05) is 23.7 Å². The first-order valence-electron chi connectivity index (χ1n) is 8.06. The molecule has 0 aliphatic carbocycles. The minimum Gasteiger partial charge on any atom is -0.489 e. The van der Waals surface area contributed by atoms with Gasteiger partial charge in [-0.2, -0.15) is 5.10 Å². The topological polar surface area (TPSA) is 107 Å². The Kier molecular flexibility index (Phi) is 6.03. The normalized spacial score (nSPS) is 10.8. The third-order valence-corrected chi connectivity index (χ3v) is 3.84. The molecule has 142 valence electrons. The average Bonchev–Trinajstić information content (AvgIpc) is 3.17. The minimum absolute atomic E-state index is 0.154. The number of nitro groups is 1. The predicted molar refractivity (Wildman–Crippen MR) is 103 cm³/mol. The van der Waals surface area contributed by atoms with E-state index in [1.54, 1.807) is 48.5 Å². The number of nitrogens with zero attached hydrogens (tertiary/aromatic N) is 2. The summed E-state index contributed by atoms with van der Waals surface area (Å²) in [6.45, 7) is 0.346. The third kappa shape index (κ3) is 5.18. The number of hydrogen-bond acceptors (Lipinski definition) is 6. The van der Waals surface area contributed by atoms with Crippen LogP contribution in [0, 0.1) is 10.1 Å². The molecule has 1 aromatic heterocycles. The van der Waals surface area contributed by atoms with Gasteiger partial charge < -0.3 is 9.15 Å². The van der Waals surface area contributed by atoms with Gasteiger partial charge in [0.1, 0.15) is 17.3 Å². The van der Waals surface area contributed by atoms with Crippen molar-refractivity contribution in [3.63, 3.8) is 0 Å². The second kappa shape index (κ2) is 8.83. The summed E-state index contributed by atoms with van der Waals surface area (Å²) in [5.74, 6) is 0.0204. The maximum atomic E-state index is 12.1. The number of carbonyl (C=O) groups excluding carboxylic acids is 1. The summed E-state index contributed by atoms with van der Waals surface area (Å²) in [5, 5.41) is 14.9. The van der Waals surface area contributed by atoms with E-state index in [0.29, 0.717) is 22.9 Å². The summed E-state index contributed by atoms with van der Waals surface area (Å²) >= 11 is 5.82. The van der Waals surface area contributed by atoms with Gasteiger partial charge in [-0.25, -0.2) is 5.43 Å². The van der Waals surface area contributed by atoms with Crippen molar-refractivity contribution in [2.75, 3.05) is 0 Å². The van der Waals surface area contributed by atoms with Crippen LogP contribution in [0.1, 0.15) is 21.7 Å². The van der Waals surface area contributed by atoms with Crippen LogP contribution in [-0.4, -0.2) is 17.0 Å². The fourth-order valence-corrected chi connectivity index (χ4v) is 2.30. The fourth-order valence-electron chi connectivity index (χ4n) is 2.18. The highest BCUT2D eigenvalue weighted by atomic mass is 35.5. The zero-order chi connectivity index (χ0) is 19.9. The van der Waals surface area contributed by atoms with Crippen LogP contribution in [0.4, 0.5) is 5.88 Å². The maximum Gasteiger partial charge on any atom is 0.433 e. The highest BCUT2D eigenvalue weighted by Crippen LogP contribution is 2.17. The highest BCUT2D eigenvalue weighted by Gasteiger charge is 2.10. The lowest BCUT2D eigenvalue weighted by Gasteiger charge is -2.07. The lowest BCUT2D eigenvalue weighted by molar-refractivity contribution is -0.402. The van der Waals surface area contributed by atoms with Crippen LogP contribution in [0.15, 0.2) is 70.2 Å². The SMILES string of the molecule is O=C(N/N=C\c1ccc([N+](=O)[O-])o1)c1ccc(COc2ccc(Cl)cc2)cc1. The van der Waals surface area contributed by atoms with Gasteiger partial charge in [0.2, 0.25) is 0 Å². The molecular formula is C19H14ClN3O5. The lowest BCUT2D eigenvalue weighted by atomic mass is 10.1. The van der Waals surface area contributed by atoms with E-state index in [4.69, 9.17) is 20.8 Å². The Morgan fingerprint density at radius 3 is 2.50 bits per heavy atom. The zero-order valence-corrected chi connectivity index (χ0v) is 15.1. The molecule has 0 bridgehead atoms. The Hall–Kier alpha value is -3.65. The number of hydrogen-bond donors (Lipinski definition) is 1. The van der Waals surface area contributed by atoms with Gasteiger partial charge in [0.15, 0.2) is 5.76 Å². The van der Waals surface area contributed by atoms with Crippen molar-refractivity contribution in [1.82, 2.24) is 5.43 Å². The van der Waals surface area contributed by atoms with Crippen LogP contribution in [0.25, 0.3) is 0 Å². The van der Waals surface area contributed by atoms with Gasteiger partial charge in [0.25, 0.3) is 5.91 Å². The van der Waals surface area contributed by atoms with Gasteiger partial charge >= 0.3 is 5.88 Å². The van der Waals surface area contributed by atoms with Crippen LogP contribution < -0.4 is 10.2 Å². The van der Waals surface area contributed by atoms with Crippen LogP contribution in [-0.2, 0) is 6.61 Å². The molecule has 1 amide bonds. The van der Waals surface area contributed by atoms with Crippen molar-refractivity contribution >= 4 is 29.6 Å². The number of halogens is 1. The summed E-state index contributed by atoms with van der Waals surface area (Å²) in [4.78, 5) is 21.9. The number of hydrazone groups is 1. The molecule has 3 aromatic rings. The number of benzene rings is 2. The summed E-state index contributed by atoms with van der Waals surface area (Å²) in [6.07, 6.45) is 1.18. The number of nitrogens with one attached hydrogen (secondary N) is 1. The van der Waals surface area contributed by atoms with Crippen molar-refractivity contribution in [3.05, 3.63) is 92.7 Å². The van der Waals surface area contributed by atoms with Crippen LogP contribution >= 0.6 is 11.6 Å². The van der Waals surface area contributed by atoms with E-state index in [1.165, 1.54) is 18.3 Å². The molecular weight excluding hydrogens is 386 g/mol. The number of amides is 1. The molecule has 0 saturated heterocycles.